The van der Waals surface area contributed by atoms with E-state index in [-0.39, 0.29) is 21.3 Å². The molecule has 0 fully saturated rings. The molecule has 7 nitrogen and oxygen atoms in total. The third-order valence-electron chi connectivity index (χ3n) is 5.49. The largest absolute Gasteiger partial charge is 0.295 e. The highest BCUT2D eigenvalue weighted by Gasteiger charge is 2.32. The minimum absolute atomic E-state index is 0.0164. The lowest BCUT2D eigenvalue weighted by Gasteiger charge is -2.17. The molecule has 184 valence electrons. The number of ketones is 1. The number of rotatable bonds is 9. The zero-order chi connectivity index (χ0) is 25.8. The molecular weight excluding hydrogens is 601 g/mol. The first-order valence-electron chi connectivity index (χ1n) is 10.6. The Morgan fingerprint density at radius 1 is 0.686 bits per heavy atom. The van der Waals surface area contributed by atoms with Gasteiger partial charge < -0.3 is 0 Å². The number of hydrogen-bond acceptors (Lipinski definition) is 6. The van der Waals surface area contributed by atoms with Crippen LogP contribution in [-0.2, 0) is 19.7 Å². The first-order valence-corrected chi connectivity index (χ1v) is 15.0. The minimum atomic E-state index is -3.97. The Kier molecular flexibility index (Phi) is 8.50. The van der Waals surface area contributed by atoms with Gasteiger partial charge in [-0.2, -0.15) is 0 Å². The van der Waals surface area contributed by atoms with Crippen molar-refractivity contribution in [1.29, 1.82) is 0 Å². The number of halogens is 1. The average molecular weight is 626 g/mol. The predicted octanol–water partition coefficient (Wildman–Crippen LogP) is 4.13. The Morgan fingerprint density at radius 3 is 1.43 bits per heavy atom. The lowest BCUT2D eigenvalue weighted by molar-refractivity contribution is 0.0939. The number of carbonyl (C=O) groups is 2. The zero-order valence-electron chi connectivity index (χ0n) is 19.1. The molecule has 0 aliphatic carbocycles. The van der Waals surface area contributed by atoms with Gasteiger partial charge in [0.15, 0.2) is 25.5 Å². The van der Waals surface area contributed by atoms with E-state index < -0.39 is 42.9 Å². The highest BCUT2D eigenvalue weighted by atomic mass is 127. The summed E-state index contributed by atoms with van der Waals surface area (Å²) in [5, 5.41) is 0. The quantitative estimate of drug-likeness (QED) is 0.217. The van der Waals surface area contributed by atoms with Crippen molar-refractivity contribution in [2.24, 2.45) is 5.92 Å². The van der Waals surface area contributed by atoms with Crippen LogP contribution in [0, 0.1) is 19.8 Å². The van der Waals surface area contributed by atoms with Gasteiger partial charge in [0.1, 0.15) is 0 Å². The molecule has 3 aromatic rings. The van der Waals surface area contributed by atoms with E-state index in [1.54, 1.807) is 47.1 Å². The molecule has 0 saturated heterocycles. The minimum Gasteiger partial charge on any atom is -0.295 e. The number of Topliss-reactive ketones (excluding diaryl/α,β-unsaturated/α-hetero) is 1. The van der Waals surface area contributed by atoms with Crippen LogP contribution >= 0.6 is 22.9 Å². The van der Waals surface area contributed by atoms with Crippen molar-refractivity contribution in [3.63, 3.8) is 0 Å². The number of sulfone groups is 2. The van der Waals surface area contributed by atoms with E-state index in [1.807, 2.05) is 13.8 Å². The lowest BCUT2D eigenvalue weighted by atomic mass is 9.99. The van der Waals surface area contributed by atoms with Gasteiger partial charge in [-0.1, -0.05) is 47.5 Å². The van der Waals surface area contributed by atoms with E-state index >= 15 is 0 Å². The van der Waals surface area contributed by atoms with E-state index in [4.69, 9.17) is 0 Å². The maximum absolute atomic E-state index is 13.4. The second-order valence-electron chi connectivity index (χ2n) is 8.25. The van der Waals surface area contributed by atoms with Gasteiger partial charge >= 0.3 is 0 Å². The zero-order valence-corrected chi connectivity index (χ0v) is 22.9. The Labute approximate surface area is 219 Å². The predicted molar refractivity (Wildman–Crippen MR) is 142 cm³/mol. The number of carbonyl (C=O) groups excluding carboxylic acids is 2. The third-order valence-corrected chi connectivity index (χ3v) is 9.64. The molecule has 3 aromatic carbocycles. The molecule has 0 spiro atoms. The molecule has 3 rings (SSSR count). The van der Waals surface area contributed by atoms with Crippen molar-refractivity contribution >= 4 is 54.2 Å². The van der Waals surface area contributed by atoms with Crippen molar-refractivity contribution in [3.05, 3.63) is 95.1 Å². The molecule has 0 aromatic heterocycles. The van der Waals surface area contributed by atoms with Crippen LogP contribution in [0.1, 0.15) is 31.8 Å². The van der Waals surface area contributed by atoms with E-state index in [1.165, 1.54) is 48.5 Å². The fourth-order valence-corrected chi connectivity index (χ4v) is 7.03. The Bertz CT molecular complexity index is 1350. The highest BCUT2D eigenvalue weighted by Crippen LogP contribution is 2.23. The van der Waals surface area contributed by atoms with Crippen LogP contribution in [0.2, 0.25) is 0 Å². The third kappa shape index (κ3) is 6.77. The maximum atomic E-state index is 13.4. The molecule has 1 amide bonds. The number of hydrogen-bond donors (Lipinski definition) is 1. The smallest absolute Gasteiger partial charge is 0.259 e. The molecule has 0 saturated carbocycles. The molecule has 1 N–H and O–H groups in total. The summed E-state index contributed by atoms with van der Waals surface area (Å²) in [5.41, 5.74) is 2.17. The van der Waals surface area contributed by atoms with Crippen molar-refractivity contribution in [2.75, 3.05) is 11.5 Å². The molecule has 0 bridgehead atoms. The fourth-order valence-electron chi connectivity index (χ4n) is 3.49. The van der Waals surface area contributed by atoms with Gasteiger partial charge in [-0.15, -0.1) is 0 Å². The lowest BCUT2D eigenvalue weighted by Crippen LogP contribution is -2.31. The summed E-state index contributed by atoms with van der Waals surface area (Å²) < 4.78 is 55.0. The average Bonchev–Trinajstić information content (AvgIpc) is 2.83. The van der Waals surface area contributed by atoms with Crippen LogP contribution in [0.15, 0.2) is 82.6 Å². The van der Waals surface area contributed by atoms with Gasteiger partial charge in [0.05, 0.1) is 50.1 Å². The van der Waals surface area contributed by atoms with Gasteiger partial charge in [-0.3, -0.25) is 13.1 Å². The molecular formula is C25H24INO6S2. The first kappa shape index (κ1) is 27.0. The van der Waals surface area contributed by atoms with Gasteiger partial charge in [0, 0.05) is 11.1 Å². The molecule has 35 heavy (non-hydrogen) atoms. The first-order chi connectivity index (χ1) is 16.4. The van der Waals surface area contributed by atoms with Crippen molar-refractivity contribution in [1.82, 2.24) is 3.53 Å². The van der Waals surface area contributed by atoms with Crippen LogP contribution in [0.5, 0.6) is 0 Å². The molecule has 0 aliphatic rings. The van der Waals surface area contributed by atoms with Gasteiger partial charge in [-0.05, 0) is 50.2 Å². The maximum Gasteiger partial charge on any atom is 0.259 e. The van der Waals surface area contributed by atoms with E-state index in [0.29, 0.717) is 5.56 Å². The second kappa shape index (κ2) is 11.0. The fraction of sp³-hybridized carbons (Fsp3) is 0.200. The standard InChI is InChI=1S/C25H24INO6S2/c1-17-3-11-22(12-4-17)34(30,31)15-21(16-35(32,33)23-13-5-18(2)6-14-23)24(28)19-7-9-20(10-8-19)25(29)27-26/h3-14,21H,15-16H2,1-2H3,(H,27,29). The van der Waals surface area contributed by atoms with Crippen LogP contribution < -0.4 is 3.53 Å². The molecule has 10 heteroatoms. The Morgan fingerprint density at radius 2 is 1.06 bits per heavy atom. The van der Waals surface area contributed by atoms with E-state index in [9.17, 15) is 26.4 Å². The topological polar surface area (TPSA) is 114 Å². The van der Waals surface area contributed by atoms with Crippen LogP contribution in [-0.4, -0.2) is 40.0 Å². The molecule has 0 atom stereocenters. The second-order valence-corrected chi connectivity index (χ2v) is 12.9. The summed E-state index contributed by atoms with van der Waals surface area (Å²) in [7, 11) is -7.93. The number of nitrogens with one attached hydrogen (secondary N) is 1. The summed E-state index contributed by atoms with van der Waals surface area (Å²) in [6.07, 6.45) is 0. The van der Waals surface area contributed by atoms with Crippen LogP contribution in [0.3, 0.4) is 0 Å². The van der Waals surface area contributed by atoms with Crippen LogP contribution in [0.4, 0.5) is 0 Å². The number of benzene rings is 3. The molecule has 0 aliphatic heterocycles. The summed E-state index contributed by atoms with van der Waals surface area (Å²) in [6, 6.07) is 18.0. The van der Waals surface area contributed by atoms with Crippen molar-refractivity contribution < 1.29 is 26.4 Å². The van der Waals surface area contributed by atoms with E-state index in [2.05, 4.69) is 3.53 Å². The summed E-state index contributed by atoms with van der Waals surface area (Å²) >= 11 is 1.69. The van der Waals surface area contributed by atoms with Gasteiger partial charge in [0.25, 0.3) is 5.91 Å². The van der Waals surface area contributed by atoms with Crippen molar-refractivity contribution in [2.45, 2.75) is 23.6 Å². The van der Waals surface area contributed by atoms with Crippen molar-refractivity contribution in [3.8, 4) is 0 Å². The van der Waals surface area contributed by atoms with Crippen LogP contribution in [0.25, 0.3) is 0 Å². The summed E-state index contributed by atoms with van der Waals surface area (Å²) in [5.74, 6) is -3.67. The SMILES string of the molecule is Cc1ccc(S(=O)(=O)CC(CS(=O)(=O)c2ccc(C)cc2)C(=O)c2ccc(C(=O)NI)cc2)cc1. The van der Waals surface area contributed by atoms with Gasteiger partial charge in [-0.25, -0.2) is 16.8 Å². The number of amides is 1. The highest BCUT2D eigenvalue weighted by molar-refractivity contribution is 14.1. The number of aryl methyl sites for hydroxylation is 2. The summed E-state index contributed by atoms with van der Waals surface area (Å²) in [6.45, 7) is 3.64. The molecule has 0 heterocycles. The van der Waals surface area contributed by atoms with E-state index in [0.717, 1.165) is 11.1 Å². The normalized spacial score (nSPS) is 11.9. The summed E-state index contributed by atoms with van der Waals surface area (Å²) in [4.78, 5) is 25.2. The molecule has 0 radical (unpaired) electrons. The Balaban J connectivity index is 1.98. The Hall–Kier alpha value is -2.57. The monoisotopic (exact) mass is 625 g/mol. The van der Waals surface area contributed by atoms with Gasteiger partial charge in [0.2, 0.25) is 0 Å². The molecule has 0 unspecified atom stereocenters.